The van der Waals surface area contributed by atoms with E-state index in [1.807, 2.05) is 0 Å². The van der Waals surface area contributed by atoms with Crippen molar-refractivity contribution in [2.75, 3.05) is 0 Å². The zero-order valence-electron chi connectivity index (χ0n) is 16.7. The van der Waals surface area contributed by atoms with E-state index in [0.717, 1.165) is 0 Å². The Bertz CT molecular complexity index is 1180. The molecule has 0 saturated heterocycles. The predicted octanol–water partition coefficient (Wildman–Crippen LogP) is 7.97. The SMILES string of the molecule is CC(C)(C)c1ccc2c(c1)-c1ccccc1-c1ccccc1-c1ccccc1-2. The summed E-state index contributed by atoms with van der Waals surface area (Å²) in [5.41, 5.74) is 11.9. The highest BCUT2D eigenvalue weighted by molar-refractivity contribution is 6.03. The van der Waals surface area contributed by atoms with Crippen molar-refractivity contribution >= 4 is 0 Å². The molecule has 1 aliphatic carbocycles. The van der Waals surface area contributed by atoms with E-state index < -0.39 is 0 Å². The standard InChI is InChI=1S/C28H24/c1-28(2,3)19-16-17-26-24-14-7-6-12-22(24)20-10-4-5-11-21(20)23-13-8-9-15-25(23)27(26)18-19/h4-18H,1-3H3. The number of fused-ring (bicyclic) bond motifs is 8. The lowest BCUT2D eigenvalue weighted by molar-refractivity contribution is 0.590. The van der Waals surface area contributed by atoms with Crippen LogP contribution in [0.5, 0.6) is 0 Å². The Morgan fingerprint density at radius 1 is 0.393 bits per heavy atom. The Kier molecular flexibility index (Phi) is 3.77. The molecule has 0 unspecified atom stereocenters. The Balaban J connectivity index is 1.95. The fourth-order valence-corrected chi connectivity index (χ4v) is 4.33. The largest absolute Gasteiger partial charge is 0.0616 e. The van der Waals surface area contributed by atoms with Gasteiger partial charge in [-0.3, -0.25) is 0 Å². The van der Waals surface area contributed by atoms with Gasteiger partial charge >= 0.3 is 0 Å². The molecule has 0 saturated carbocycles. The molecule has 0 nitrogen and oxygen atoms in total. The summed E-state index contributed by atoms with van der Waals surface area (Å²) in [6.07, 6.45) is 0. The van der Waals surface area contributed by atoms with Crippen LogP contribution in [0, 0.1) is 0 Å². The minimum absolute atomic E-state index is 0.115. The lowest BCUT2D eigenvalue weighted by Gasteiger charge is -2.26. The van der Waals surface area contributed by atoms with Crippen LogP contribution in [0.3, 0.4) is 0 Å². The third kappa shape index (κ3) is 2.60. The first-order valence-electron chi connectivity index (χ1n) is 9.97. The molecule has 1 aliphatic rings. The molecule has 0 N–H and O–H groups in total. The van der Waals surface area contributed by atoms with Gasteiger partial charge in [0.2, 0.25) is 0 Å². The molecule has 0 radical (unpaired) electrons. The molecule has 0 aromatic heterocycles. The van der Waals surface area contributed by atoms with Gasteiger partial charge in [-0.25, -0.2) is 0 Å². The van der Waals surface area contributed by atoms with Gasteiger partial charge in [0.25, 0.3) is 0 Å². The Labute approximate surface area is 167 Å². The molecule has 28 heavy (non-hydrogen) atoms. The van der Waals surface area contributed by atoms with Gasteiger partial charge in [0.15, 0.2) is 0 Å². The summed E-state index contributed by atoms with van der Waals surface area (Å²) < 4.78 is 0. The van der Waals surface area contributed by atoms with Crippen molar-refractivity contribution in [2.45, 2.75) is 26.2 Å². The second-order valence-electron chi connectivity index (χ2n) is 8.65. The average Bonchev–Trinajstić information content (AvgIpc) is 2.72. The number of benzene rings is 4. The summed E-state index contributed by atoms with van der Waals surface area (Å²) in [4.78, 5) is 0. The summed E-state index contributed by atoms with van der Waals surface area (Å²) >= 11 is 0. The van der Waals surface area contributed by atoms with E-state index in [4.69, 9.17) is 0 Å². The van der Waals surface area contributed by atoms with Crippen molar-refractivity contribution in [1.82, 2.24) is 0 Å². The summed E-state index contributed by atoms with van der Waals surface area (Å²) in [6, 6.07) is 33.4. The smallest absolute Gasteiger partial charge is 0.00960 e. The molecule has 5 rings (SSSR count). The molecule has 0 aliphatic heterocycles. The molecule has 0 bridgehead atoms. The molecular weight excluding hydrogens is 336 g/mol. The molecule has 0 fully saturated rings. The van der Waals surface area contributed by atoms with Gasteiger partial charge in [-0.15, -0.1) is 0 Å². The molecule has 136 valence electrons. The van der Waals surface area contributed by atoms with Crippen molar-refractivity contribution in [3.63, 3.8) is 0 Å². The highest BCUT2D eigenvalue weighted by Gasteiger charge is 2.23. The monoisotopic (exact) mass is 360 g/mol. The van der Waals surface area contributed by atoms with Crippen LogP contribution in [0.2, 0.25) is 0 Å². The summed E-state index contributed by atoms with van der Waals surface area (Å²) in [5.74, 6) is 0. The third-order valence-electron chi connectivity index (χ3n) is 5.83. The number of rotatable bonds is 0. The van der Waals surface area contributed by atoms with Crippen LogP contribution < -0.4 is 0 Å². The molecule has 0 heterocycles. The topological polar surface area (TPSA) is 0 Å². The van der Waals surface area contributed by atoms with E-state index in [9.17, 15) is 0 Å². The Morgan fingerprint density at radius 2 is 0.714 bits per heavy atom. The van der Waals surface area contributed by atoms with Gasteiger partial charge in [-0.05, 0) is 61.6 Å². The van der Waals surface area contributed by atoms with Gasteiger partial charge in [0, 0.05) is 0 Å². The molecule has 4 aromatic rings. The summed E-state index contributed by atoms with van der Waals surface area (Å²) in [7, 11) is 0. The van der Waals surface area contributed by atoms with Gasteiger partial charge in [-0.1, -0.05) is 106 Å². The van der Waals surface area contributed by atoms with Gasteiger partial charge in [-0.2, -0.15) is 0 Å². The summed E-state index contributed by atoms with van der Waals surface area (Å²) in [5, 5.41) is 0. The highest BCUT2D eigenvalue weighted by Crippen LogP contribution is 2.48. The normalized spacial score (nSPS) is 12.1. The number of hydrogen-bond donors (Lipinski definition) is 0. The lowest BCUT2D eigenvalue weighted by Crippen LogP contribution is -2.11. The van der Waals surface area contributed by atoms with Crippen molar-refractivity contribution in [3.8, 4) is 44.5 Å². The first-order valence-corrected chi connectivity index (χ1v) is 9.97. The molecule has 0 atom stereocenters. The minimum atomic E-state index is 0.115. The van der Waals surface area contributed by atoms with Crippen molar-refractivity contribution < 1.29 is 0 Å². The Morgan fingerprint density at radius 3 is 1.07 bits per heavy atom. The van der Waals surface area contributed by atoms with Crippen LogP contribution in [0.15, 0.2) is 91.0 Å². The molecule has 0 amide bonds. The van der Waals surface area contributed by atoms with Gasteiger partial charge in [0.1, 0.15) is 0 Å². The van der Waals surface area contributed by atoms with Gasteiger partial charge in [0.05, 0.1) is 0 Å². The lowest BCUT2D eigenvalue weighted by atomic mass is 9.78. The predicted molar refractivity (Wildman–Crippen MR) is 120 cm³/mol. The van der Waals surface area contributed by atoms with E-state index in [2.05, 4.69) is 112 Å². The maximum atomic E-state index is 2.40. The molecule has 0 heteroatoms. The van der Waals surface area contributed by atoms with E-state index in [1.165, 1.54) is 50.1 Å². The fourth-order valence-electron chi connectivity index (χ4n) is 4.33. The van der Waals surface area contributed by atoms with Crippen LogP contribution in [0.4, 0.5) is 0 Å². The van der Waals surface area contributed by atoms with E-state index in [-0.39, 0.29) is 5.41 Å². The van der Waals surface area contributed by atoms with Crippen LogP contribution >= 0.6 is 0 Å². The minimum Gasteiger partial charge on any atom is -0.0616 e. The van der Waals surface area contributed by atoms with E-state index in [0.29, 0.717) is 0 Å². The molecule has 0 spiro atoms. The average molecular weight is 361 g/mol. The van der Waals surface area contributed by atoms with Crippen LogP contribution in [-0.4, -0.2) is 0 Å². The quantitative estimate of drug-likeness (QED) is 0.263. The maximum Gasteiger partial charge on any atom is -0.00960 e. The first-order chi connectivity index (χ1) is 13.5. The van der Waals surface area contributed by atoms with Crippen molar-refractivity contribution in [3.05, 3.63) is 96.6 Å². The van der Waals surface area contributed by atoms with Crippen LogP contribution in [0.1, 0.15) is 26.3 Å². The van der Waals surface area contributed by atoms with Crippen LogP contribution in [-0.2, 0) is 5.41 Å². The number of hydrogen-bond acceptors (Lipinski definition) is 0. The van der Waals surface area contributed by atoms with E-state index >= 15 is 0 Å². The van der Waals surface area contributed by atoms with Gasteiger partial charge < -0.3 is 0 Å². The maximum absolute atomic E-state index is 2.40. The zero-order chi connectivity index (χ0) is 19.3. The fraction of sp³-hybridized carbons (Fsp3) is 0.143. The third-order valence-corrected chi connectivity index (χ3v) is 5.83. The second-order valence-corrected chi connectivity index (χ2v) is 8.65. The van der Waals surface area contributed by atoms with E-state index in [1.54, 1.807) is 0 Å². The van der Waals surface area contributed by atoms with Crippen molar-refractivity contribution in [2.24, 2.45) is 0 Å². The molecule has 4 aromatic carbocycles. The second kappa shape index (κ2) is 6.21. The first kappa shape index (κ1) is 17.0. The molecular formula is C28H24. The van der Waals surface area contributed by atoms with Crippen LogP contribution in [0.25, 0.3) is 44.5 Å². The Hall–Kier alpha value is -3.12. The zero-order valence-corrected chi connectivity index (χ0v) is 16.7. The summed E-state index contributed by atoms with van der Waals surface area (Å²) in [6.45, 7) is 6.85. The highest BCUT2D eigenvalue weighted by atomic mass is 14.3. The van der Waals surface area contributed by atoms with Crippen molar-refractivity contribution in [1.29, 1.82) is 0 Å².